The molecule has 0 unspecified atom stereocenters. The molecular formula is C19H23NO3. The van der Waals surface area contributed by atoms with Gasteiger partial charge in [-0.2, -0.15) is 0 Å². The van der Waals surface area contributed by atoms with E-state index < -0.39 is 11.8 Å². The number of nitrogens with zero attached hydrogens (tertiary/aromatic N) is 1. The van der Waals surface area contributed by atoms with Gasteiger partial charge in [0.1, 0.15) is 0 Å². The second-order valence-electron chi connectivity index (χ2n) is 7.80. The van der Waals surface area contributed by atoms with Gasteiger partial charge in [0.25, 0.3) is 0 Å². The molecule has 4 heteroatoms. The number of aryl methyl sites for hydroxylation is 2. The zero-order valence-electron chi connectivity index (χ0n) is 13.8. The van der Waals surface area contributed by atoms with Crippen molar-refractivity contribution < 1.29 is 14.6 Å². The Morgan fingerprint density at radius 1 is 1.30 bits per heavy atom. The molecule has 1 aromatic rings. The number of para-hydroxylation sites is 1. The summed E-state index contributed by atoms with van der Waals surface area (Å²) in [5, 5.41) is 10.5. The summed E-state index contributed by atoms with van der Waals surface area (Å²) in [6.45, 7) is 6.24. The van der Waals surface area contributed by atoms with E-state index in [1.165, 1.54) is 0 Å². The first-order valence-corrected chi connectivity index (χ1v) is 8.77. The Bertz CT molecular complexity index is 696. The number of hydrogen-bond donors (Lipinski definition) is 1. The van der Waals surface area contributed by atoms with Gasteiger partial charge in [0.15, 0.2) is 5.72 Å². The number of hydrogen-bond acceptors (Lipinski definition) is 3. The number of amides is 1. The van der Waals surface area contributed by atoms with Crippen LogP contribution in [-0.2, 0) is 9.53 Å². The normalized spacial score (nSPS) is 46.3. The molecule has 1 N–H and O–H groups in total. The van der Waals surface area contributed by atoms with Gasteiger partial charge in [0.2, 0.25) is 5.91 Å². The van der Waals surface area contributed by atoms with E-state index >= 15 is 0 Å². The van der Waals surface area contributed by atoms with Crippen molar-refractivity contribution in [3.63, 3.8) is 0 Å². The van der Waals surface area contributed by atoms with Gasteiger partial charge in [-0.25, -0.2) is 0 Å². The van der Waals surface area contributed by atoms with Gasteiger partial charge >= 0.3 is 0 Å². The van der Waals surface area contributed by atoms with E-state index in [2.05, 4.69) is 32.9 Å². The highest BCUT2D eigenvalue weighted by atomic mass is 16.6. The maximum Gasteiger partial charge on any atom is 0.233 e. The number of aliphatic hydroxyl groups excluding tert-OH is 1. The monoisotopic (exact) mass is 313 g/mol. The fourth-order valence-electron chi connectivity index (χ4n) is 6.22. The van der Waals surface area contributed by atoms with Crippen LogP contribution in [0.3, 0.4) is 0 Å². The number of anilines is 1. The Labute approximate surface area is 136 Å². The largest absolute Gasteiger partial charge is 0.390 e. The first kappa shape index (κ1) is 14.0. The Kier molecular flexibility index (Phi) is 2.54. The molecule has 2 aliphatic carbocycles. The average molecular weight is 313 g/mol. The van der Waals surface area contributed by atoms with Crippen molar-refractivity contribution in [2.45, 2.75) is 51.5 Å². The van der Waals surface area contributed by atoms with Crippen LogP contribution in [0.5, 0.6) is 0 Å². The average Bonchev–Trinajstić information content (AvgIpc) is 3.17. The lowest BCUT2D eigenvalue weighted by molar-refractivity contribution is -0.133. The lowest BCUT2D eigenvalue weighted by Gasteiger charge is -2.39. The summed E-state index contributed by atoms with van der Waals surface area (Å²) in [5.41, 5.74) is 2.70. The maximum absolute atomic E-state index is 13.4. The minimum Gasteiger partial charge on any atom is -0.390 e. The number of benzene rings is 1. The van der Waals surface area contributed by atoms with Gasteiger partial charge in [0, 0.05) is 5.92 Å². The molecular weight excluding hydrogens is 290 g/mol. The molecule has 4 nitrogen and oxygen atoms in total. The maximum atomic E-state index is 13.4. The third-order valence-corrected chi connectivity index (χ3v) is 6.97. The van der Waals surface area contributed by atoms with Crippen molar-refractivity contribution in [3.8, 4) is 0 Å². The number of rotatable bonds is 2. The van der Waals surface area contributed by atoms with Crippen LogP contribution in [0.2, 0.25) is 0 Å². The molecule has 5 rings (SSSR count). The molecule has 0 spiro atoms. The summed E-state index contributed by atoms with van der Waals surface area (Å²) >= 11 is 0. The van der Waals surface area contributed by atoms with Gasteiger partial charge in [-0.15, -0.1) is 0 Å². The van der Waals surface area contributed by atoms with Gasteiger partial charge in [-0.05, 0) is 49.7 Å². The zero-order valence-corrected chi connectivity index (χ0v) is 13.8. The van der Waals surface area contributed by atoms with Gasteiger partial charge in [0.05, 0.1) is 23.8 Å². The molecule has 0 aromatic heterocycles. The lowest BCUT2D eigenvalue weighted by Crippen LogP contribution is -2.51. The Morgan fingerprint density at radius 3 is 2.65 bits per heavy atom. The van der Waals surface area contributed by atoms with Crippen LogP contribution >= 0.6 is 0 Å². The van der Waals surface area contributed by atoms with Crippen LogP contribution < -0.4 is 4.90 Å². The third-order valence-electron chi connectivity index (χ3n) is 6.97. The molecule has 2 bridgehead atoms. The molecule has 2 aliphatic heterocycles. The number of carbonyl (C=O) groups is 1. The Balaban J connectivity index is 1.72. The number of ether oxygens (including phenoxy) is 1. The summed E-state index contributed by atoms with van der Waals surface area (Å²) in [6, 6.07) is 6.16. The predicted molar refractivity (Wildman–Crippen MR) is 85.9 cm³/mol. The van der Waals surface area contributed by atoms with E-state index in [4.69, 9.17) is 4.74 Å². The molecule has 122 valence electrons. The van der Waals surface area contributed by atoms with Crippen molar-refractivity contribution in [1.29, 1.82) is 0 Å². The van der Waals surface area contributed by atoms with Gasteiger partial charge in [-0.3, -0.25) is 9.69 Å². The highest BCUT2D eigenvalue weighted by Gasteiger charge is 2.78. The topological polar surface area (TPSA) is 49.8 Å². The van der Waals surface area contributed by atoms with Crippen molar-refractivity contribution >= 4 is 11.6 Å². The van der Waals surface area contributed by atoms with E-state index in [0.29, 0.717) is 5.92 Å². The van der Waals surface area contributed by atoms with Crippen molar-refractivity contribution in [2.24, 2.45) is 23.7 Å². The van der Waals surface area contributed by atoms with Crippen LogP contribution in [-0.4, -0.2) is 28.9 Å². The van der Waals surface area contributed by atoms with Crippen molar-refractivity contribution in [1.82, 2.24) is 0 Å². The molecule has 2 heterocycles. The molecule has 4 aliphatic rings. The number of fused-ring (bicyclic) bond motifs is 2. The fraction of sp³-hybridized carbons (Fsp3) is 0.632. The predicted octanol–water partition coefficient (Wildman–Crippen LogP) is 2.40. The molecule has 7 atom stereocenters. The lowest BCUT2D eigenvalue weighted by atomic mass is 9.76. The van der Waals surface area contributed by atoms with Crippen molar-refractivity contribution in [3.05, 3.63) is 29.3 Å². The second kappa shape index (κ2) is 4.17. The smallest absolute Gasteiger partial charge is 0.233 e. The first-order chi connectivity index (χ1) is 11.0. The highest BCUT2D eigenvalue weighted by Crippen LogP contribution is 2.68. The highest BCUT2D eigenvalue weighted by molar-refractivity contribution is 6.01. The standard InChI is InChI=1S/C19H23NO3/c1-4-19-14-12-8-11(16(21)17(12)23-19)13(14)18(22)20(19)15-9(2)6-5-7-10(15)3/h5-7,11-14,16-17,21H,4,8H2,1-3H3/t11-,12-,13+,14+,16+,17-,19-/m0/s1. The Hall–Kier alpha value is -1.39. The molecule has 1 aromatic carbocycles. The van der Waals surface area contributed by atoms with Crippen LogP contribution in [0.4, 0.5) is 5.69 Å². The van der Waals surface area contributed by atoms with Gasteiger partial charge in [-0.1, -0.05) is 25.1 Å². The molecule has 2 saturated heterocycles. The molecule has 4 fully saturated rings. The quantitative estimate of drug-likeness (QED) is 0.912. The molecule has 1 amide bonds. The van der Waals surface area contributed by atoms with Gasteiger partial charge < -0.3 is 9.84 Å². The van der Waals surface area contributed by atoms with Crippen LogP contribution in [0.1, 0.15) is 30.9 Å². The summed E-state index contributed by atoms with van der Waals surface area (Å²) in [4.78, 5) is 15.3. The second-order valence-corrected chi connectivity index (χ2v) is 7.80. The number of aliphatic hydroxyl groups is 1. The summed E-state index contributed by atoms with van der Waals surface area (Å²) in [7, 11) is 0. The van der Waals surface area contributed by atoms with Crippen LogP contribution in [0.25, 0.3) is 0 Å². The SMILES string of the molecule is CC[C@]12O[C@@H]3[C@H](O)[C@H]4C[C@H]3[C@@H]1[C@@H]4C(=O)N2c1c(C)cccc1C. The zero-order chi connectivity index (χ0) is 16.1. The fourth-order valence-corrected chi connectivity index (χ4v) is 6.22. The minimum atomic E-state index is -0.555. The molecule has 2 saturated carbocycles. The van der Waals surface area contributed by atoms with E-state index in [-0.39, 0.29) is 29.8 Å². The number of carbonyl (C=O) groups excluding carboxylic acids is 1. The summed E-state index contributed by atoms with van der Waals surface area (Å²) in [5.74, 6) is 0.785. The van der Waals surface area contributed by atoms with E-state index in [9.17, 15) is 9.90 Å². The van der Waals surface area contributed by atoms with E-state index in [0.717, 1.165) is 29.7 Å². The molecule has 0 radical (unpaired) electrons. The Morgan fingerprint density at radius 2 is 2.00 bits per heavy atom. The van der Waals surface area contributed by atoms with Crippen LogP contribution in [0, 0.1) is 37.5 Å². The third kappa shape index (κ3) is 1.35. The van der Waals surface area contributed by atoms with Crippen molar-refractivity contribution in [2.75, 3.05) is 4.90 Å². The summed E-state index contributed by atoms with van der Waals surface area (Å²) in [6.07, 6.45) is 1.19. The van der Waals surface area contributed by atoms with E-state index in [1.807, 2.05) is 11.0 Å². The summed E-state index contributed by atoms with van der Waals surface area (Å²) < 4.78 is 6.48. The van der Waals surface area contributed by atoms with Crippen LogP contribution in [0.15, 0.2) is 18.2 Å². The first-order valence-electron chi connectivity index (χ1n) is 8.77. The van der Waals surface area contributed by atoms with E-state index in [1.54, 1.807) is 0 Å². The molecule has 23 heavy (non-hydrogen) atoms. The minimum absolute atomic E-state index is 0.0623.